The van der Waals surface area contributed by atoms with E-state index in [2.05, 4.69) is 0 Å². The van der Waals surface area contributed by atoms with Gasteiger partial charge in [0.1, 0.15) is 5.69 Å². The average Bonchev–Trinajstić information content (AvgIpc) is 3.06. The second-order valence-electron chi connectivity index (χ2n) is 8.76. The van der Waals surface area contributed by atoms with Gasteiger partial charge >= 0.3 is 0 Å². The van der Waals surface area contributed by atoms with Crippen molar-refractivity contribution >= 4 is 34.8 Å². The van der Waals surface area contributed by atoms with Crippen LogP contribution in [-0.2, 0) is 15.0 Å². The number of nitro groups is 1. The molecular weight excluding hydrogens is 428 g/mol. The number of rotatable bonds is 2. The van der Waals surface area contributed by atoms with E-state index in [9.17, 15) is 19.7 Å². The lowest BCUT2D eigenvalue weighted by Gasteiger charge is -2.52. The van der Waals surface area contributed by atoms with Gasteiger partial charge < -0.3 is 0 Å². The molecular formula is C25H17ClN2O4. The second kappa shape index (κ2) is 6.26. The summed E-state index contributed by atoms with van der Waals surface area (Å²) >= 11 is 5.97. The van der Waals surface area contributed by atoms with E-state index in [1.54, 1.807) is 0 Å². The highest BCUT2D eigenvalue weighted by atomic mass is 35.5. The minimum Gasteiger partial charge on any atom is -0.274 e. The number of carbonyl (C=O) groups is 2. The highest BCUT2D eigenvalue weighted by Crippen LogP contribution is 2.64. The van der Waals surface area contributed by atoms with Crippen LogP contribution in [0.4, 0.5) is 11.4 Å². The summed E-state index contributed by atoms with van der Waals surface area (Å²) in [6, 6.07) is 19.9. The Bertz CT molecular complexity index is 1320. The van der Waals surface area contributed by atoms with Crippen LogP contribution in [-0.4, -0.2) is 16.7 Å². The minimum atomic E-state index is -0.713. The molecule has 7 heteroatoms. The summed E-state index contributed by atoms with van der Waals surface area (Å²) in [6.07, 6.45) is 0. The lowest BCUT2D eigenvalue weighted by atomic mass is 9.48. The van der Waals surface area contributed by atoms with Crippen LogP contribution >= 0.6 is 11.6 Å². The highest BCUT2D eigenvalue weighted by molar-refractivity contribution is 6.31. The molecule has 0 N–H and O–H groups in total. The molecule has 0 aromatic heterocycles. The van der Waals surface area contributed by atoms with E-state index in [-0.39, 0.29) is 22.3 Å². The molecule has 7 rings (SSSR count). The second-order valence-corrected chi connectivity index (χ2v) is 9.20. The minimum absolute atomic E-state index is 0.0279. The Morgan fingerprint density at radius 2 is 1.53 bits per heavy atom. The van der Waals surface area contributed by atoms with Crippen molar-refractivity contribution < 1.29 is 14.5 Å². The van der Waals surface area contributed by atoms with Crippen molar-refractivity contribution in [2.75, 3.05) is 4.90 Å². The van der Waals surface area contributed by atoms with Gasteiger partial charge in [0, 0.05) is 22.4 Å². The Hall–Kier alpha value is -3.51. The summed E-state index contributed by atoms with van der Waals surface area (Å²) in [4.78, 5) is 39.8. The molecule has 0 radical (unpaired) electrons. The lowest BCUT2D eigenvalue weighted by molar-refractivity contribution is -0.384. The summed E-state index contributed by atoms with van der Waals surface area (Å²) in [7, 11) is 0. The first-order valence-electron chi connectivity index (χ1n) is 10.4. The van der Waals surface area contributed by atoms with Crippen molar-refractivity contribution in [2.24, 2.45) is 11.8 Å². The molecule has 3 aromatic rings. The van der Waals surface area contributed by atoms with E-state index in [0.717, 1.165) is 27.2 Å². The van der Waals surface area contributed by atoms with Crippen molar-refractivity contribution in [3.63, 3.8) is 0 Å². The van der Waals surface area contributed by atoms with Gasteiger partial charge in [0.05, 0.1) is 16.8 Å². The Morgan fingerprint density at radius 1 is 0.938 bits per heavy atom. The number of hydrogen-bond acceptors (Lipinski definition) is 4. The van der Waals surface area contributed by atoms with E-state index in [4.69, 9.17) is 11.6 Å². The molecule has 6 nitrogen and oxygen atoms in total. The Balaban J connectivity index is 1.61. The van der Waals surface area contributed by atoms with Crippen LogP contribution in [0.5, 0.6) is 0 Å². The van der Waals surface area contributed by atoms with Gasteiger partial charge in [-0.15, -0.1) is 0 Å². The molecule has 2 bridgehead atoms. The largest absolute Gasteiger partial charge is 0.294 e. The van der Waals surface area contributed by atoms with Gasteiger partial charge in [-0.05, 0) is 34.4 Å². The van der Waals surface area contributed by atoms with E-state index in [0.29, 0.717) is 0 Å². The molecule has 0 saturated carbocycles. The first kappa shape index (κ1) is 19.2. The van der Waals surface area contributed by atoms with Crippen LogP contribution in [0, 0.1) is 22.0 Å². The summed E-state index contributed by atoms with van der Waals surface area (Å²) < 4.78 is 0. The number of nitro benzene ring substituents is 1. The quantitative estimate of drug-likeness (QED) is 0.322. The van der Waals surface area contributed by atoms with Crippen molar-refractivity contribution in [1.29, 1.82) is 0 Å². The third kappa shape index (κ3) is 2.15. The zero-order valence-electron chi connectivity index (χ0n) is 17.0. The monoisotopic (exact) mass is 444 g/mol. The predicted octanol–water partition coefficient (Wildman–Crippen LogP) is 4.82. The van der Waals surface area contributed by atoms with E-state index in [1.165, 1.54) is 18.2 Å². The molecule has 1 heterocycles. The van der Waals surface area contributed by atoms with E-state index >= 15 is 0 Å². The van der Waals surface area contributed by atoms with Gasteiger partial charge in [-0.3, -0.25) is 19.7 Å². The number of amides is 2. The van der Waals surface area contributed by atoms with Crippen molar-refractivity contribution in [2.45, 2.75) is 18.3 Å². The van der Waals surface area contributed by atoms with Gasteiger partial charge in [0.15, 0.2) is 0 Å². The fraction of sp³-hybridized carbons (Fsp3) is 0.200. The predicted molar refractivity (Wildman–Crippen MR) is 119 cm³/mol. The van der Waals surface area contributed by atoms with Gasteiger partial charge in [0.2, 0.25) is 11.8 Å². The number of imide groups is 1. The van der Waals surface area contributed by atoms with Crippen LogP contribution in [0.3, 0.4) is 0 Å². The number of benzene rings is 3. The standard InChI is InChI=1S/C25H17ClN2O4/c1-25-16-8-4-2-6-14(16)20(15-7-3-5-9-17(15)25)21-22(25)24(30)27(23(21)29)18-11-10-13(26)12-19(18)28(31)32/h2-12,20-22H,1H3/t20?,21-,22+,25?/m1/s1. The Labute approximate surface area is 188 Å². The Morgan fingerprint density at radius 3 is 2.12 bits per heavy atom. The Kier molecular flexibility index (Phi) is 3.76. The van der Waals surface area contributed by atoms with Crippen LogP contribution in [0.1, 0.15) is 35.1 Å². The number of hydrogen-bond donors (Lipinski definition) is 0. The molecule has 158 valence electrons. The number of anilines is 1. The molecule has 32 heavy (non-hydrogen) atoms. The summed E-state index contributed by atoms with van der Waals surface area (Å²) in [5, 5.41) is 11.9. The van der Waals surface area contributed by atoms with E-state index in [1.807, 2.05) is 55.5 Å². The smallest absolute Gasteiger partial charge is 0.274 e. The molecule has 1 fully saturated rings. The molecule has 2 amide bonds. The maximum atomic E-state index is 13.9. The van der Waals surface area contributed by atoms with Gasteiger partial charge in [-0.25, -0.2) is 4.90 Å². The normalized spacial score (nSPS) is 27.2. The highest BCUT2D eigenvalue weighted by Gasteiger charge is 2.66. The molecule has 1 aliphatic heterocycles. The first-order valence-corrected chi connectivity index (χ1v) is 10.7. The van der Waals surface area contributed by atoms with Crippen molar-refractivity contribution in [1.82, 2.24) is 0 Å². The van der Waals surface area contributed by atoms with Crippen LogP contribution in [0.15, 0.2) is 66.7 Å². The molecule has 3 aromatic carbocycles. The maximum Gasteiger partial charge on any atom is 0.294 e. The zero-order chi connectivity index (χ0) is 22.4. The summed E-state index contributed by atoms with van der Waals surface area (Å²) in [5.41, 5.74) is 3.07. The first-order chi connectivity index (χ1) is 15.4. The van der Waals surface area contributed by atoms with Crippen LogP contribution in [0.2, 0.25) is 5.02 Å². The third-order valence-electron chi connectivity index (χ3n) is 7.42. The average molecular weight is 445 g/mol. The van der Waals surface area contributed by atoms with Crippen LogP contribution in [0.25, 0.3) is 0 Å². The molecule has 4 aliphatic rings. The maximum absolute atomic E-state index is 13.9. The number of carbonyl (C=O) groups excluding carboxylic acids is 2. The van der Waals surface area contributed by atoms with Gasteiger partial charge in [0.25, 0.3) is 5.69 Å². The fourth-order valence-corrected chi connectivity index (χ4v) is 6.39. The molecule has 0 unspecified atom stereocenters. The van der Waals surface area contributed by atoms with E-state index < -0.39 is 34.0 Å². The number of nitrogens with zero attached hydrogens (tertiary/aromatic N) is 2. The third-order valence-corrected chi connectivity index (χ3v) is 7.65. The van der Waals surface area contributed by atoms with Gasteiger partial charge in [-0.2, -0.15) is 0 Å². The van der Waals surface area contributed by atoms with Crippen LogP contribution < -0.4 is 4.90 Å². The molecule has 2 atom stereocenters. The fourth-order valence-electron chi connectivity index (χ4n) is 6.22. The van der Waals surface area contributed by atoms with Crippen molar-refractivity contribution in [3.8, 4) is 0 Å². The summed E-state index contributed by atoms with van der Waals surface area (Å²) in [6.45, 7) is 2.02. The van der Waals surface area contributed by atoms with Gasteiger partial charge in [-0.1, -0.05) is 67.1 Å². The molecule has 3 aliphatic carbocycles. The summed E-state index contributed by atoms with van der Waals surface area (Å²) in [5.74, 6) is -2.33. The molecule has 0 spiro atoms. The molecule has 1 saturated heterocycles. The topological polar surface area (TPSA) is 80.5 Å². The SMILES string of the molecule is CC12c3ccccc3C(c3ccccc31)[C@H]1C(=O)N(c3ccc(Cl)cc3[N+](=O)[O-])C(=O)[C@H]12. The van der Waals surface area contributed by atoms with Crippen molar-refractivity contribution in [3.05, 3.63) is 104 Å². The number of halogens is 1. The zero-order valence-corrected chi connectivity index (χ0v) is 17.7. The lowest BCUT2D eigenvalue weighted by Crippen LogP contribution is -2.51.